The van der Waals surface area contributed by atoms with E-state index in [-0.39, 0.29) is 5.56 Å². The molecule has 0 spiro atoms. The van der Waals surface area contributed by atoms with E-state index < -0.39 is 23.6 Å². The number of hydrogen-bond acceptors (Lipinski definition) is 3. The Kier molecular flexibility index (Phi) is 5.22. The second-order valence-electron chi connectivity index (χ2n) is 4.42. The predicted octanol–water partition coefficient (Wildman–Crippen LogP) is 2.42. The quantitative estimate of drug-likeness (QED) is 0.823. The van der Waals surface area contributed by atoms with Gasteiger partial charge in [0.1, 0.15) is 17.7 Å². The highest BCUT2D eigenvalue weighted by atomic mass is 19.1. The highest BCUT2D eigenvalue weighted by Crippen LogP contribution is 2.19. The largest absolute Gasteiger partial charge is 0.468 e. The first-order chi connectivity index (χ1) is 8.45. The van der Waals surface area contributed by atoms with Crippen molar-refractivity contribution in [2.75, 3.05) is 13.7 Å². The molecule has 1 aromatic rings. The number of esters is 1. The minimum atomic E-state index is -0.919. The van der Waals surface area contributed by atoms with Crippen molar-refractivity contribution < 1.29 is 18.3 Å². The molecule has 0 fully saturated rings. The summed E-state index contributed by atoms with van der Waals surface area (Å²) < 4.78 is 31.1. The monoisotopic (exact) mass is 257 g/mol. The number of methoxy groups -OCH3 is 1. The summed E-state index contributed by atoms with van der Waals surface area (Å²) in [5, 5.41) is 2.91. The summed E-state index contributed by atoms with van der Waals surface area (Å²) in [6.07, 6.45) is 0. The summed E-state index contributed by atoms with van der Waals surface area (Å²) in [6, 6.07) is 2.20. The van der Waals surface area contributed by atoms with Gasteiger partial charge in [-0.1, -0.05) is 19.9 Å². The van der Waals surface area contributed by atoms with E-state index in [0.29, 0.717) is 12.5 Å². The molecule has 100 valence electrons. The van der Waals surface area contributed by atoms with Crippen LogP contribution in [0.15, 0.2) is 18.2 Å². The third-order valence-electron chi connectivity index (χ3n) is 2.44. The van der Waals surface area contributed by atoms with E-state index in [2.05, 4.69) is 10.1 Å². The molecular weight excluding hydrogens is 240 g/mol. The maximum atomic E-state index is 13.6. The van der Waals surface area contributed by atoms with Crippen LogP contribution in [0.1, 0.15) is 25.5 Å². The number of nitrogens with one attached hydrogen (secondary N) is 1. The van der Waals surface area contributed by atoms with Crippen molar-refractivity contribution in [3.8, 4) is 0 Å². The van der Waals surface area contributed by atoms with Crippen molar-refractivity contribution >= 4 is 5.97 Å². The Bertz CT molecular complexity index is 421. The molecule has 0 radical (unpaired) electrons. The van der Waals surface area contributed by atoms with Crippen LogP contribution in [0.4, 0.5) is 8.78 Å². The lowest BCUT2D eigenvalue weighted by Gasteiger charge is -2.18. The Balaban J connectivity index is 2.97. The van der Waals surface area contributed by atoms with Crippen LogP contribution in [0, 0.1) is 17.6 Å². The van der Waals surface area contributed by atoms with Gasteiger partial charge in [-0.3, -0.25) is 0 Å². The van der Waals surface area contributed by atoms with Crippen LogP contribution in [0.25, 0.3) is 0 Å². The second kappa shape index (κ2) is 6.44. The number of halogens is 2. The number of carbonyl (C=O) groups excluding carboxylic acids is 1. The van der Waals surface area contributed by atoms with Gasteiger partial charge in [0, 0.05) is 11.6 Å². The van der Waals surface area contributed by atoms with Crippen molar-refractivity contribution in [2.24, 2.45) is 5.92 Å². The van der Waals surface area contributed by atoms with Crippen molar-refractivity contribution in [3.05, 3.63) is 35.4 Å². The van der Waals surface area contributed by atoms with E-state index in [1.807, 2.05) is 13.8 Å². The molecule has 1 N–H and O–H groups in total. The average Bonchev–Trinajstić information content (AvgIpc) is 2.30. The molecule has 3 nitrogen and oxygen atoms in total. The first-order valence-electron chi connectivity index (χ1n) is 5.72. The van der Waals surface area contributed by atoms with Gasteiger partial charge in [0.25, 0.3) is 0 Å². The van der Waals surface area contributed by atoms with Crippen molar-refractivity contribution in [1.82, 2.24) is 5.32 Å². The van der Waals surface area contributed by atoms with Crippen LogP contribution in [-0.4, -0.2) is 19.6 Å². The second-order valence-corrected chi connectivity index (χ2v) is 4.42. The molecule has 0 saturated heterocycles. The molecule has 0 bridgehead atoms. The molecule has 1 unspecified atom stereocenters. The lowest BCUT2D eigenvalue weighted by molar-refractivity contribution is -0.143. The molecular formula is C13H17F2NO2. The molecule has 0 aromatic heterocycles. The average molecular weight is 257 g/mol. The Morgan fingerprint density at radius 2 is 2.06 bits per heavy atom. The minimum absolute atomic E-state index is 0.0869. The van der Waals surface area contributed by atoms with Crippen LogP contribution in [0.3, 0.4) is 0 Å². The van der Waals surface area contributed by atoms with Gasteiger partial charge in [0.15, 0.2) is 0 Å². The summed E-state index contributed by atoms with van der Waals surface area (Å²) in [6.45, 7) is 4.45. The topological polar surface area (TPSA) is 38.3 Å². The Labute approximate surface area is 105 Å². The highest BCUT2D eigenvalue weighted by molar-refractivity contribution is 5.77. The molecule has 0 heterocycles. The van der Waals surface area contributed by atoms with Gasteiger partial charge < -0.3 is 10.1 Å². The number of carbonyl (C=O) groups is 1. The van der Waals surface area contributed by atoms with Crippen LogP contribution < -0.4 is 5.32 Å². The summed E-state index contributed by atoms with van der Waals surface area (Å²) >= 11 is 0. The van der Waals surface area contributed by atoms with E-state index in [1.165, 1.54) is 13.2 Å². The molecule has 0 aliphatic heterocycles. The predicted molar refractivity (Wildman–Crippen MR) is 64.0 cm³/mol. The van der Waals surface area contributed by atoms with Crippen LogP contribution >= 0.6 is 0 Å². The Morgan fingerprint density at radius 1 is 1.39 bits per heavy atom. The first kappa shape index (κ1) is 14.6. The minimum Gasteiger partial charge on any atom is -0.468 e. The van der Waals surface area contributed by atoms with Crippen LogP contribution in [0.5, 0.6) is 0 Å². The fraction of sp³-hybridized carbons (Fsp3) is 0.462. The van der Waals surface area contributed by atoms with Crippen LogP contribution in [-0.2, 0) is 9.53 Å². The molecule has 0 saturated carbocycles. The van der Waals surface area contributed by atoms with E-state index in [0.717, 1.165) is 12.1 Å². The smallest absolute Gasteiger partial charge is 0.327 e. The molecule has 0 amide bonds. The van der Waals surface area contributed by atoms with Gasteiger partial charge in [0.2, 0.25) is 0 Å². The zero-order valence-corrected chi connectivity index (χ0v) is 10.7. The van der Waals surface area contributed by atoms with E-state index in [1.54, 1.807) is 0 Å². The molecule has 0 aliphatic rings. The molecule has 5 heteroatoms. The van der Waals surface area contributed by atoms with E-state index >= 15 is 0 Å². The van der Waals surface area contributed by atoms with Gasteiger partial charge in [-0.25, -0.2) is 13.6 Å². The maximum Gasteiger partial charge on any atom is 0.327 e. The van der Waals surface area contributed by atoms with Crippen molar-refractivity contribution in [3.63, 3.8) is 0 Å². The molecule has 18 heavy (non-hydrogen) atoms. The van der Waals surface area contributed by atoms with Gasteiger partial charge in [-0.2, -0.15) is 0 Å². The molecule has 0 aliphatic carbocycles. The highest BCUT2D eigenvalue weighted by Gasteiger charge is 2.24. The number of hydrogen-bond donors (Lipinski definition) is 1. The van der Waals surface area contributed by atoms with Crippen molar-refractivity contribution in [1.29, 1.82) is 0 Å². The molecule has 1 rings (SSSR count). The molecule has 1 aromatic carbocycles. The summed E-state index contributed by atoms with van der Waals surface area (Å²) in [7, 11) is 1.23. The lowest BCUT2D eigenvalue weighted by Crippen LogP contribution is -2.32. The lowest BCUT2D eigenvalue weighted by atomic mass is 10.1. The van der Waals surface area contributed by atoms with Gasteiger partial charge in [-0.15, -0.1) is 0 Å². The van der Waals surface area contributed by atoms with Crippen LogP contribution in [0.2, 0.25) is 0 Å². The third kappa shape index (κ3) is 3.77. The fourth-order valence-electron chi connectivity index (χ4n) is 1.53. The standard InChI is InChI=1S/C13H17F2NO2/c1-8(2)7-16-12(13(17)18-3)10-5-4-9(14)6-11(10)15/h4-6,8,12,16H,7H2,1-3H3. The number of rotatable bonds is 5. The van der Waals surface area contributed by atoms with Gasteiger partial charge >= 0.3 is 5.97 Å². The molecule has 1 atom stereocenters. The summed E-state index contributed by atoms with van der Waals surface area (Å²) in [5.74, 6) is -1.74. The van der Waals surface area contributed by atoms with Crippen molar-refractivity contribution in [2.45, 2.75) is 19.9 Å². The zero-order valence-electron chi connectivity index (χ0n) is 10.7. The SMILES string of the molecule is COC(=O)C(NCC(C)C)c1ccc(F)cc1F. The third-order valence-corrected chi connectivity index (χ3v) is 2.44. The first-order valence-corrected chi connectivity index (χ1v) is 5.72. The summed E-state index contributed by atoms with van der Waals surface area (Å²) in [5.41, 5.74) is 0.0869. The number of benzene rings is 1. The summed E-state index contributed by atoms with van der Waals surface area (Å²) in [4.78, 5) is 11.6. The van der Waals surface area contributed by atoms with Gasteiger partial charge in [0.05, 0.1) is 7.11 Å². The Hall–Kier alpha value is -1.49. The normalized spacial score (nSPS) is 12.6. The van der Waals surface area contributed by atoms with E-state index in [9.17, 15) is 13.6 Å². The van der Waals surface area contributed by atoms with E-state index in [4.69, 9.17) is 0 Å². The van der Waals surface area contributed by atoms with Gasteiger partial charge in [-0.05, 0) is 18.5 Å². The fourth-order valence-corrected chi connectivity index (χ4v) is 1.53. The Morgan fingerprint density at radius 3 is 2.56 bits per heavy atom. The number of ether oxygens (including phenoxy) is 1. The maximum absolute atomic E-state index is 13.6. The zero-order chi connectivity index (χ0) is 13.7.